The van der Waals surface area contributed by atoms with Gasteiger partial charge in [0.25, 0.3) is 0 Å². The number of aromatic carboxylic acids is 1. The minimum atomic E-state index is -4.59. The molecule has 0 aliphatic rings. The third-order valence-electron chi connectivity index (χ3n) is 4.49. The van der Waals surface area contributed by atoms with E-state index in [0.29, 0.717) is 11.3 Å². The maximum Gasteiger partial charge on any atom is 0.416 e. The first-order valence-corrected chi connectivity index (χ1v) is 10.2. The number of nitrogens with one attached hydrogen (secondary N) is 2. The highest BCUT2D eigenvalue weighted by Crippen LogP contribution is 2.35. The number of carbonyl (C=O) groups excluding carboxylic acids is 1. The number of nitrogens with two attached hydrogens (primary N) is 1. The van der Waals surface area contributed by atoms with Crippen LogP contribution in [0.15, 0.2) is 60.8 Å². The fraction of sp³-hybridized carbons (Fsp3) is 0.174. The van der Waals surface area contributed by atoms with E-state index in [1.54, 1.807) is 24.3 Å². The molecule has 0 aliphatic heterocycles. The summed E-state index contributed by atoms with van der Waals surface area (Å²) in [5.41, 5.74) is 4.81. The third-order valence-corrected chi connectivity index (χ3v) is 4.49. The summed E-state index contributed by atoms with van der Waals surface area (Å²) in [4.78, 5) is 27.0. The molecule has 9 nitrogen and oxygen atoms in total. The molecule has 0 unspecified atom stereocenters. The van der Waals surface area contributed by atoms with Crippen molar-refractivity contribution in [1.29, 1.82) is 0 Å². The van der Waals surface area contributed by atoms with Crippen LogP contribution in [0.2, 0.25) is 0 Å². The fourth-order valence-electron chi connectivity index (χ4n) is 2.85. The number of halogens is 3. The van der Waals surface area contributed by atoms with Crippen LogP contribution in [0.3, 0.4) is 0 Å². The number of nitrogens with zero attached hydrogens (tertiary/aromatic N) is 1. The van der Waals surface area contributed by atoms with Gasteiger partial charge in [0, 0.05) is 25.4 Å². The Morgan fingerprint density at radius 3 is 2.43 bits per heavy atom. The molecule has 1 aromatic heterocycles. The number of amides is 2. The molecule has 184 valence electrons. The number of pyridine rings is 1. The zero-order valence-electron chi connectivity index (χ0n) is 18.1. The van der Waals surface area contributed by atoms with E-state index in [1.807, 2.05) is 0 Å². The summed E-state index contributed by atoms with van der Waals surface area (Å²) in [5.74, 6) is -0.414. The van der Waals surface area contributed by atoms with Gasteiger partial charge in [-0.1, -0.05) is 12.1 Å². The molecule has 12 heteroatoms. The Morgan fingerprint density at radius 2 is 1.77 bits per heavy atom. The van der Waals surface area contributed by atoms with E-state index >= 15 is 0 Å². The summed E-state index contributed by atoms with van der Waals surface area (Å²) >= 11 is 0. The normalized spacial score (nSPS) is 11.0. The summed E-state index contributed by atoms with van der Waals surface area (Å²) in [7, 11) is 0. The number of aromatic nitrogens is 1. The summed E-state index contributed by atoms with van der Waals surface area (Å²) in [6.45, 7) is 0.282. The number of urea groups is 1. The van der Waals surface area contributed by atoms with Gasteiger partial charge >= 0.3 is 18.2 Å². The Bertz CT molecular complexity index is 1190. The number of hydrogen-bond acceptors (Lipinski definition) is 6. The van der Waals surface area contributed by atoms with Crippen LogP contribution >= 0.6 is 0 Å². The lowest BCUT2D eigenvalue weighted by Gasteiger charge is -2.15. The van der Waals surface area contributed by atoms with Crippen LogP contribution < -0.4 is 25.8 Å². The molecule has 35 heavy (non-hydrogen) atoms. The van der Waals surface area contributed by atoms with Crippen LogP contribution in [-0.2, 0) is 12.7 Å². The molecule has 3 rings (SSSR count). The Balaban J connectivity index is 1.60. The number of carboxylic acids is 1. The predicted octanol–water partition coefficient (Wildman–Crippen LogP) is 4.25. The van der Waals surface area contributed by atoms with Gasteiger partial charge in [-0.15, -0.1) is 0 Å². The van der Waals surface area contributed by atoms with E-state index in [1.165, 1.54) is 18.3 Å². The Labute approximate surface area is 197 Å². The van der Waals surface area contributed by atoms with E-state index in [2.05, 4.69) is 15.6 Å². The number of rotatable bonds is 9. The Hall–Kier alpha value is -4.32. The lowest BCUT2D eigenvalue weighted by Crippen LogP contribution is -2.28. The van der Waals surface area contributed by atoms with E-state index in [9.17, 15) is 22.8 Å². The highest BCUT2D eigenvalue weighted by Gasteiger charge is 2.31. The molecule has 3 aromatic rings. The number of hydrogen-bond donors (Lipinski definition) is 4. The monoisotopic (exact) mass is 490 g/mol. The van der Waals surface area contributed by atoms with E-state index in [-0.39, 0.29) is 42.6 Å². The van der Waals surface area contributed by atoms with Gasteiger partial charge < -0.3 is 30.9 Å². The second-order valence-electron chi connectivity index (χ2n) is 7.08. The Morgan fingerprint density at radius 1 is 1.03 bits per heavy atom. The molecule has 1 heterocycles. The average Bonchev–Trinajstić information content (AvgIpc) is 2.82. The fourth-order valence-corrected chi connectivity index (χ4v) is 2.85. The predicted molar refractivity (Wildman–Crippen MR) is 120 cm³/mol. The smallest absolute Gasteiger partial charge is 0.416 e. The minimum Gasteiger partial charge on any atom is -0.490 e. The topological polar surface area (TPSA) is 136 Å². The molecule has 0 fully saturated rings. The standard InChI is InChI=1S/C23H21F3N4O5/c24-23(25,26)15-3-6-20(34-10-8-27)18(11-15)30-22(33)29-13-14-1-4-16(5-2-14)35-17-7-9-28-19(12-17)21(31)32/h1-7,9,11-12H,8,10,13,27H2,(H,31,32)(H2,29,30,33). The van der Waals surface area contributed by atoms with Crippen molar-refractivity contribution in [2.75, 3.05) is 18.5 Å². The van der Waals surface area contributed by atoms with Crippen LogP contribution in [-0.4, -0.2) is 35.2 Å². The zero-order chi connectivity index (χ0) is 25.4. The number of ether oxygens (including phenoxy) is 2. The first-order chi connectivity index (χ1) is 16.7. The highest BCUT2D eigenvalue weighted by molar-refractivity contribution is 5.91. The Kier molecular flexibility index (Phi) is 8.10. The van der Waals surface area contributed by atoms with Crippen LogP contribution in [0.5, 0.6) is 17.2 Å². The summed E-state index contributed by atoms with van der Waals surface area (Å²) in [5, 5.41) is 13.9. The van der Waals surface area contributed by atoms with Crippen LogP contribution in [0.25, 0.3) is 0 Å². The molecular weight excluding hydrogens is 469 g/mol. The second kappa shape index (κ2) is 11.2. The summed E-state index contributed by atoms with van der Waals surface area (Å²) in [6.07, 6.45) is -3.28. The van der Waals surface area contributed by atoms with Crippen molar-refractivity contribution >= 4 is 17.7 Å². The van der Waals surface area contributed by atoms with Crippen molar-refractivity contribution in [2.45, 2.75) is 12.7 Å². The highest BCUT2D eigenvalue weighted by atomic mass is 19.4. The number of benzene rings is 2. The van der Waals surface area contributed by atoms with Crippen molar-refractivity contribution in [3.63, 3.8) is 0 Å². The largest absolute Gasteiger partial charge is 0.490 e. The van der Waals surface area contributed by atoms with Gasteiger partial charge in [0.05, 0.1) is 11.3 Å². The SMILES string of the molecule is NCCOc1ccc(C(F)(F)F)cc1NC(=O)NCc1ccc(Oc2ccnc(C(=O)O)c2)cc1. The average molecular weight is 490 g/mol. The van der Waals surface area contributed by atoms with Crippen molar-refractivity contribution in [3.05, 3.63) is 77.6 Å². The van der Waals surface area contributed by atoms with Gasteiger partial charge in [0.1, 0.15) is 23.9 Å². The molecule has 0 atom stereocenters. The maximum absolute atomic E-state index is 13.1. The molecular formula is C23H21F3N4O5. The first-order valence-electron chi connectivity index (χ1n) is 10.2. The quantitative estimate of drug-likeness (QED) is 0.352. The second-order valence-corrected chi connectivity index (χ2v) is 7.08. The van der Waals surface area contributed by atoms with Crippen molar-refractivity contribution in [3.8, 4) is 17.2 Å². The van der Waals surface area contributed by atoms with E-state index in [0.717, 1.165) is 18.2 Å². The van der Waals surface area contributed by atoms with E-state index in [4.69, 9.17) is 20.3 Å². The number of carboxylic acid groups (broad SMARTS) is 1. The van der Waals surface area contributed by atoms with Crippen LogP contribution in [0.1, 0.15) is 21.6 Å². The number of alkyl halides is 3. The molecule has 0 bridgehead atoms. The maximum atomic E-state index is 13.1. The van der Waals surface area contributed by atoms with Crippen molar-refractivity contribution in [1.82, 2.24) is 10.3 Å². The van der Waals surface area contributed by atoms with Crippen LogP contribution in [0.4, 0.5) is 23.7 Å². The lowest BCUT2D eigenvalue weighted by molar-refractivity contribution is -0.137. The zero-order valence-corrected chi connectivity index (χ0v) is 18.1. The number of anilines is 1. The van der Waals surface area contributed by atoms with Gasteiger partial charge in [0.2, 0.25) is 0 Å². The van der Waals surface area contributed by atoms with Gasteiger partial charge in [-0.2, -0.15) is 13.2 Å². The molecule has 0 aliphatic carbocycles. The van der Waals surface area contributed by atoms with Gasteiger partial charge in [0.15, 0.2) is 5.69 Å². The molecule has 0 saturated carbocycles. The summed E-state index contributed by atoms with van der Waals surface area (Å²) in [6, 6.07) is 11.4. The molecule has 0 spiro atoms. The van der Waals surface area contributed by atoms with Gasteiger partial charge in [-0.05, 0) is 42.0 Å². The van der Waals surface area contributed by atoms with E-state index < -0.39 is 23.7 Å². The lowest BCUT2D eigenvalue weighted by atomic mass is 10.1. The third kappa shape index (κ3) is 7.33. The molecule has 2 amide bonds. The van der Waals surface area contributed by atoms with Crippen LogP contribution in [0, 0.1) is 0 Å². The summed E-state index contributed by atoms with van der Waals surface area (Å²) < 4.78 is 50.1. The number of carbonyl (C=O) groups is 2. The van der Waals surface area contributed by atoms with Gasteiger partial charge in [-0.3, -0.25) is 0 Å². The minimum absolute atomic E-state index is 0.0577. The van der Waals surface area contributed by atoms with Gasteiger partial charge in [-0.25, -0.2) is 14.6 Å². The van der Waals surface area contributed by atoms with Crippen molar-refractivity contribution in [2.24, 2.45) is 5.73 Å². The first kappa shape index (κ1) is 25.3. The molecule has 0 saturated heterocycles. The molecule has 2 aromatic carbocycles. The molecule has 0 radical (unpaired) electrons. The van der Waals surface area contributed by atoms with Crippen molar-refractivity contribution < 1.29 is 37.3 Å². The molecule has 5 N–H and O–H groups in total.